The molecule has 9 heteroatoms. The normalized spacial score (nSPS) is 14.6. The van der Waals surface area contributed by atoms with Crippen molar-refractivity contribution in [1.82, 2.24) is 5.32 Å². The Labute approximate surface area is 197 Å². The number of carbonyl (C=O) groups excluding carboxylic acids is 2. The minimum absolute atomic E-state index is 0.273. The third-order valence-electron chi connectivity index (χ3n) is 3.81. The molecule has 0 bridgehead atoms. The number of ether oxygens (including phenoxy) is 2. The summed E-state index contributed by atoms with van der Waals surface area (Å²) in [6.45, 7) is 4.07. The summed E-state index contributed by atoms with van der Waals surface area (Å²) in [5, 5.41) is 3.46. The van der Waals surface area contributed by atoms with Gasteiger partial charge in [-0.2, -0.15) is 4.99 Å². The number of carbonyl (C=O) groups is 2. The van der Waals surface area contributed by atoms with Crippen LogP contribution in [0.3, 0.4) is 0 Å². The van der Waals surface area contributed by atoms with Gasteiger partial charge in [0.2, 0.25) is 5.91 Å². The summed E-state index contributed by atoms with van der Waals surface area (Å²) in [7, 11) is 0. The van der Waals surface area contributed by atoms with Crippen LogP contribution >= 0.6 is 46.0 Å². The molecule has 0 saturated heterocycles. The van der Waals surface area contributed by atoms with Gasteiger partial charge in [0, 0.05) is 11.9 Å². The Kier molecular flexibility index (Phi) is 7.79. The van der Waals surface area contributed by atoms with Gasteiger partial charge in [-0.3, -0.25) is 9.59 Å². The molecule has 1 N–H and O–H groups in total. The largest absolute Gasteiger partial charge is 0.490 e. The van der Waals surface area contributed by atoms with Crippen LogP contribution in [0.1, 0.15) is 25.0 Å². The van der Waals surface area contributed by atoms with Gasteiger partial charge in [-0.1, -0.05) is 23.7 Å². The van der Waals surface area contributed by atoms with Crippen molar-refractivity contribution in [3.8, 4) is 11.5 Å². The highest BCUT2D eigenvalue weighted by atomic mass is 127. The van der Waals surface area contributed by atoms with Crippen LogP contribution in [0.5, 0.6) is 11.5 Å². The molecular formula is C21H18ClIN2O4S. The van der Waals surface area contributed by atoms with Crippen molar-refractivity contribution in [1.29, 1.82) is 0 Å². The zero-order valence-corrected chi connectivity index (χ0v) is 19.9. The van der Waals surface area contributed by atoms with Crippen molar-refractivity contribution in [2.75, 3.05) is 6.61 Å². The predicted octanol–water partition coefficient (Wildman–Crippen LogP) is 5.03. The zero-order valence-electron chi connectivity index (χ0n) is 16.2. The number of halogens is 2. The fourth-order valence-electron chi connectivity index (χ4n) is 2.62. The van der Waals surface area contributed by atoms with E-state index < -0.39 is 5.91 Å². The summed E-state index contributed by atoms with van der Waals surface area (Å²) < 4.78 is 12.6. The molecule has 2 aromatic carbocycles. The average Bonchev–Trinajstić information content (AvgIpc) is 2.99. The molecule has 0 aromatic heterocycles. The van der Waals surface area contributed by atoms with Crippen LogP contribution in [0.4, 0.5) is 0 Å². The van der Waals surface area contributed by atoms with Crippen LogP contribution in [0.25, 0.3) is 6.08 Å². The maximum absolute atomic E-state index is 12.1. The first-order valence-electron chi connectivity index (χ1n) is 8.99. The van der Waals surface area contributed by atoms with Gasteiger partial charge in [0.15, 0.2) is 16.7 Å². The molecule has 0 fully saturated rings. The summed E-state index contributed by atoms with van der Waals surface area (Å²) >= 11 is 9.34. The van der Waals surface area contributed by atoms with Gasteiger partial charge in [-0.15, -0.1) is 0 Å². The molecule has 2 aromatic rings. The van der Waals surface area contributed by atoms with Crippen LogP contribution in [-0.4, -0.2) is 23.6 Å². The minimum Gasteiger partial charge on any atom is -0.490 e. The maximum atomic E-state index is 12.1. The SMILES string of the molecule is CCOc1cc(/C=C2\SC(NC(C)=O)=NC2=O)cc(I)c1OCc1cccc(Cl)c1. The van der Waals surface area contributed by atoms with E-state index in [1.165, 1.54) is 6.92 Å². The van der Waals surface area contributed by atoms with Gasteiger partial charge in [0.05, 0.1) is 15.1 Å². The van der Waals surface area contributed by atoms with Crippen molar-refractivity contribution in [3.63, 3.8) is 0 Å². The van der Waals surface area contributed by atoms with Crippen LogP contribution in [0.15, 0.2) is 46.3 Å². The van der Waals surface area contributed by atoms with E-state index in [0.717, 1.165) is 26.5 Å². The molecule has 1 aliphatic heterocycles. The van der Waals surface area contributed by atoms with E-state index in [0.29, 0.717) is 34.6 Å². The molecule has 1 heterocycles. The first-order valence-corrected chi connectivity index (χ1v) is 11.3. The summed E-state index contributed by atoms with van der Waals surface area (Å²) in [6.07, 6.45) is 1.72. The number of rotatable bonds is 6. The van der Waals surface area contributed by atoms with Crippen LogP contribution in [0.2, 0.25) is 5.02 Å². The van der Waals surface area contributed by atoms with Crippen molar-refractivity contribution in [2.24, 2.45) is 4.99 Å². The lowest BCUT2D eigenvalue weighted by atomic mass is 10.2. The number of hydrogen-bond acceptors (Lipinski definition) is 5. The van der Waals surface area contributed by atoms with Gasteiger partial charge in [-0.25, -0.2) is 0 Å². The molecule has 0 radical (unpaired) electrons. The Bertz CT molecular complexity index is 1060. The number of nitrogens with zero attached hydrogens (tertiary/aromatic N) is 1. The maximum Gasteiger partial charge on any atom is 0.286 e. The number of hydrogen-bond donors (Lipinski definition) is 1. The number of aliphatic imine (C=N–C) groups is 1. The molecule has 2 amide bonds. The van der Waals surface area contributed by atoms with E-state index in [1.807, 2.05) is 43.3 Å². The van der Waals surface area contributed by atoms with Crippen molar-refractivity contribution < 1.29 is 19.1 Å². The summed E-state index contributed by atoms with van der Waals surface area (Å²) in [5.74, 6) is 0.541. The Balaban J connectivity index is 1.82. The molecule has 0 spiro atoms. The Morgan fingerprint density at radius 1 is 1.30 bits per heavy atom. The van der Waals surface area contributed by atoms with E-state index >= 15 is 0 Å². The smallest absolute Gasteiger partial charge is 0.286 e. The first kappa shape index (κ1) is 22.6. The standard InChI is InChI=1S/C21H18ClIN2O4S/c1-3-28-17-9-14(10-18-20(27)25-21(30-18)24-12(2)26)8-16(23)19(17)29-11-13-5-4-6-15(22)7-13/h4-10H,3,11H2,1-2H3,(H,24,25,26,27)/b18-10-. The summed E-state index contributed by atoms with van der Waals surface area (Å²) in [6, 6.07) is 11.2. The van der Waals surface area contributed by atoms with Crippen molar-refractivity contribution >= 4 is 69.0 Å². The van der Waals surface area contributed by atoms with Gasteiger partial charge in [-0.05, 0) is 82.7 Å². The summed E-state index contributed by atoms with van der Waals surface area (Å²) in [4.78, 5) is 27.6. The second-order valence-corrected chi connectivity index (χ2v) is 8.82. The number of amides is 2. The van der Waals surface area contributed by atoms with Crippen molar-refractivity contribution in [2.45, 2.75) is 20.5 Å². The molecule has 1 aliphatic rings. The van der Waals surface area contributed by atoms with E-state index in [1.54, 1.807) is 6.08 Å². The van der Waals surface area contributed by atoms with E-state index in [-0.39, 0.29) is 11.1 Å². The highest BCUT2D eigenvalue weighted by molar-refractivity contribution is 14.1. The molecule has 0 saturated carbocycles. The number of amidine groups is 1. The molecule has 0 atom stereocenters. The molecule has 0 aliphatic carbocycles. The topological polar surface area (TPSA) is 77.0 Å². The lowest BCUT2D eigenvalue weighted by Crippen LogP contribution is -2.23. The average molecular weight is 557 g/mol. The molecule has 3 rings (SSSR count). The molecule has 0 unspecified atom stereocenters. The number of nitrogens with one attached hydrogen (secondary N) is 1. The van der Waals surface area contributed by atoms with Crippen LogP contribution in [0, 0.1) is 3.57 Å². The zero-order chi connectivity index (χ0) is 21.7. The predicted molar refractivity (Wildman–Crippen MR) is 128 cm³/mol. The number of benzene rings is 2. The summed E-state index contributed by atoms with van der Waals surface area (Å²) in [5.41, 5.74) is 1.72. The van der Waals surface area contributed by atoms with Crippen LogP contribution in [-0.2, 0) is 16.2 Å². The van der Waals surface area contributed by atoms with Crippen LogP contribution < -0.4 is 14.8 Å². The minimum atomic E-state index is -0.391. The third kappa shape index (κ3) is 5.99. The second kappa shape index (κ2) is 10.3. The molecule has 6 nitrogen and oxygen atoms in total. The lowest BCUT2D eigenvalue weighted by Gasteiger charge is -2.15. The second-order valence-electron chi connectivity index (χ2n) is 6.20. The van der Waals surface area contributed by atoms with Gasteiger partial charge in [0.25, 0.3) is 5.91 Å². The number of thioether (sulfide) groups is 1. The van der Waals surface area contributed by atoms with E-state index in [9.17, 15) is 9.59 Å². The highest BCUT2D eigenvalue weighted by Gasteiger charge is 2.23. The Morgan fingerprint density at radius 3 is 2.80 bits per heavy atom. The highest BCUT2D eigenvalue weighted by Crippen LogP contribution is 2.37. The molecule has 30 heavy (non-hydrogen) atoms. The van der Waals surface area contributed by atoms with Gasteiger partial charge in [0.1, 0.15) is 6.61 Å². The monoisotopic (exact) mass is 556 g/mol. The lowest BCUT2D eigenvalue weighted by molar-refractivity contribution is -0.117. The van der Waals surface area contributed by atoms with Gasteiger partial charge >= 0.3 is 0 Å². The quantitative estimate of drug-likeness (QED) is 0.399. The molecular weight excluding hydrogens is 539 g/mol. The Morgan fingerprint density at radius 2 is 2.10 bits per heavy atom. The van der Waals surface area contributed by atoms with Crippen molar-refractivity contribution in [3.05, 3.63) is 61.0 Å². The third-order valence-corrected chi connectivity index (χ3v) is 5.74. The fourth-order valence-corrected chi connectivity index (χ4v) is 4.47. The van der Waals surface area contributed by atoms with E-state index in [2.05, 4.69) is 32.9 Å². The van der Waals surface area contributed by atoms with E-state index in [4.69, 9.17) is 21.1 Å². The molecule has 156 valence electrons. The fraction of sp³-hybridized carbons (Fsp3) is 0.190. The first-order chi connectivity index (χ1) is 14.4. The van der Waals surface area contributed by atoms with Gasteiger partial charge < -0.3 is 14.8 Å². The Hall–Kier alpha value is -2.04.